The number of hydrogen-bond acceptors (Lipinski definition) is 7. The van der Waals surface area contributed by atoms with Gasteiger partial charge in [0.2, 0.25) is 25.7 Å². The molecule has 1 aromatic heterocycles. The van der Waals surface area contributed by atoms with Gasteiger partial charge < -0.3 is 14.9 Å². The highest BCUT2D eigenvalue weighted by atomic mass is 32.2. The van der Waals surface area contributed by atoms with Crippen molar-refractivity contribution in [3.05, 3.63) is 71.5 Å². The predicted octanol–water partition coefficient (Wildman–Crippen LogP) is 0.779. The number of carbonyl (C=O) groups excluding carboxylic acids is 1. The lowest BCUT2D eigenvalue weighted by Crippen LogP contribution is -2.29. The Morgan fingerprint density at radius 2 is 1.70 bits per heavy atom. The molecular formula is C22H30N8O5S2. The number of nitrogens with two attached hydrogens (primary N) is 1. The number of hydrogen-bond donors (Lipinski definition) is 5. The second kappa shape index (κ2) is 12.5. The molecule has 15 heteroatoms. The fourth-order valence-corrected chi connectivity index (χ4v) is 5.69. The summed E-state index contributed by atoms with van der Waals surface area (Å²) in [4.78, 5) is 10.8. The van der Waals surface area contributed by atoms with Crippen LogP contribution in [0.15, 0.2) is 71.0 Å². The molecule has 6 N–H and O–H groups in total. The molecule has 3 rings (SSSR count). The summed E-state index contributed by atoms with van der Waals surface area (Å²) in [5, 5.41) is 12.1. The SMILES string of the molecule is N=c1n(CCCNS(=O)(=O)C2=CCC(=NNC(N)=O)C=C2)ccn1CCCS(=O)(=O)Nc1ccccc1. The van der Waals surface area contributed by atoms with Crippen LogP contribution in [0.2, 0.25) is 0 Å². The highest BCUT2D eigenvalue weighted by Crippen LogP contribution is 2.14. The number of imidazole rings is 1. The van der Waals surface area contributed by atoms with E-state index in [1.807, 2.05) is 0 Å². The maximum absolute atomic E-state index is 12.5. The van der Waals surface area contributed by atoms with Gasteiger partial charge in [-0.25, -0.2) is 31.8 Å². The molecule has 0 bridgehead atoms. The Morgan fingerprint density at radius 1 is 1.03 bits per heavy atom. The van der Waals surface area contributed by atoms with Gasteiger partial charge in [-0.05, 0) is 37.1 Å². The monoisotopic (exact) mass is 550 g/mol. The molecule has 0 atom stereocenters. The van der Waals surface area contributed by atoms with Crippen molar-refractivity contribution in [3.63, 3.8) is 0 Å². The first kappa shape index (κ1) is 27.9. The number of sulfonamides is 2. The number of nitrogens with zero attached hydrogens (tertiary/aromatic N) is 3. The number of anilines is 1. The van der Waals surface area contributed by atoms with Gasteiger partial charge in [-0.1, -0.05) is 24.3 Å². The number of allylic oxidation sites excluding steroid dienone is 3. The van der Waals surface area contributed by atoms with E-state index in [1.54, 1.807) is 51.9 Å². The van der Waals surface area contributed by atoms with Crippen LogP contribution in [0.3, 0.4) is 0 Å². The van der Waals surface area contributed by atoms with Gasteiger partial charge in [-0.3, -0.25) is 10.1 Å². The number of para-hydroxylation sites is 1. The van der Waals surface area contributed by atoms with Crippen molar-refractivity contribution in [3.8, 4) is 0 Å². The molecule has 2 amide bonds. The zero-order valence-corrected chi connectivity index (χ0v) is 21.6. The van der Waals surface area contributed by atoms with Crippen LogP contribution in [-0.2, 0) is 33.1 Å². The quantitative estimate of drug-likeness (QED) is 0.181. The van der Waals surface area contributed by atoms with E-state index in [4.69, 9.17) is 11.1 Å². The van der Waals surface area contributed by atoms with Gasteiger partial charge in [0.05, 0.1) is 16.4 Å². The van der Waals surface area contributed by atoms with Crippen LogP contribution in [0, 0.1) is 5.41 Å². The highest BCUT2D eigenvalue weighted by Gasteiger charge is 2.17. The molecule has 0 unspecified atom stereocenters. The van der Waals surface area contributed by atoms with E-state index in [1.165, 1.54) is 18.2 Å². The van der Waals surface area contributed by atoms with E-state index in [0.717, 1.165) is 0 Å². The van der Waals surface area contributed by atoms with Gasteiger partial charge in [0.1, 0.15) is 0 Å². The van der Waals surface area contributed by atoms with Crippen LogP contribution in [0.5, 0.6) is 0 Å². The summed E-state index contributed by atoms with van der Waals surface area (Å²) >= 11 is 0. The summed E-state index contributed by atoms with van der Waals surface area (Å²) < 4.78 is 57.9. The second-order valence-electron chi connectivity index (χ2n) is 8.12. The number of urea groups is 1. The van der Waals surface area contributed by atoms with Crippen LogP contribution in [0.1, 0.15) is 19.3 Å². The van der Waals surface area contributed by atoms with E-state index in [9.17, 15) is 21.6 Å². The lowest BCUT2D eigenvalue weighted by Gasteiger charge is -2.11. The summed E-state index contributed by atoms with van der Waals surface area (Å²) in [7, 11) is -7.21. The van der Waals surface area contributed by atoms with E-state index < -0.39 is 26.1 Å². The third-order valence-electron chi connectivity index (χ3n) is 5.27. The van der Waals surface area contributed by atoms with Gasteiger partial charge in [0.15, 0.2) is 0 Å². The number of benzene rings is 1. The van der Waals surface area contributed by atoms with Crippen LogP contribution in [-0.4, -0.2) is 50.0 Å². The van der Waals surface area contributed by atoms with Crippen molar-refractivity contribution in [2.45, 2.75) is 32.4 Å². The number of nitrogens with one attached hydrogen (secondary N) is 4. The molecule has 0 saturated heterocycles. The summed E-state index contributed by atoms with van der Waals surface area (Å²) in [6.07, 6.45) is 8.77. The van der Waals surface area contributed by atoms with Crippen molar-refractivity contribution >= 4 is 37.5 Å². The van der Waals surface area contributed by atoms with E-state index in [0.29, 0.717) is 37.3 Å². The summed E-state index contributed by atoms with van der Waals surface area (Å²) in [6.45, 7) is 0.931. The smallest absolute Gasteiger partial charge is 0.332 e. The lowest BCUT2D eigenvalue weighted by atomic mass is 10.1. The average molecular weight is 551 g/mol. The van der Waals surface area contributed by atoms with Gasteiger partial charge in [-0.2, -0.15) is 5.10 Å². The maximum atomic E-state index is 12.5. The molecule has 2 aromatic rings. The molecule has 1 aliphatic rings. The number of aromatic nitrogens is 2. The summed E-state index contributed by atoms with van der Waals surface area (Å²) in [5.74, 6) is -0.0827. The zero-order valence-electron chi connectivity index (χ0n) is 20.0. The Hall–Kier alpha value is -3.69. The van der Waals surface area contributed by atoms with Crippen molar-refractivity contribution < 1.29 is 21.6 Å². The van der Waals surface area contributed by atoms with Gasteiger partial charge in [-0.15, -0.1) is 0 Å². The molecule has 13 nitrogen and oxygen atoms in total. The largest absolute Gasteiger partial charge is 0.350 e. The molecule has 200 valence electrons. The third-order valence-corrected chi connectivity index (χ3v) is 8.15. The molecule has 0 radical (unpaired) electrons. The van der Waals surface area contributed by atoms with Crippen molar-refractivity contribution in [2.24, 2.45) is 10.8 Å². The van der Waals surface area contributed by atoms with Crippen LogP contribution in [0.4, 0.5) is 10.5 Å². The van der Waals surface area contributed by atoms with Gasteiger partial charge in [0.25, 0.3) is 0 Å². The molecule has 1 aromatic carbocycles. The molecular weight excluding hydrogens is 520 g/mol. The first-order valence-corrected chi connectivity index (χ1v) is 14.5. The van der Waals surface area contributed by atoms with Crippen LogP contribution >= 0.6 is 0 Å². The first-order chi connectivity index (χ1) is 17.6. The summed E-state index contributed by atoms with van der Waals surface area (Å²) in [6, 6.07) is 7.84. The number of rotatable bonds is 13. The normalized spacial score (nSPS) is 14.9. The first-order valence-electron chi connectivity index (χ1n) is 11.4. The van der Waals surface area contributed by atoms with Crippen LogP contribution < -0.4 is 26.2 Å². The number of hydrazone groups is 1. The van der Waals surface area contributed by atoms with Gasteiger partial charge >= 0.3 is 6.03 Å². The Morgan fingerprint density at radius 3 is 2.32 bits per heavy atom. The molecule has 0 spiro atoms. The Labute approximate surface area is 215 Å². The number of primary amides is 1. The van der Waals surface area contributed by atoms with Crippen molar-refractivity contribution in [2.75, 3.05) is 17.0 Å². The fraction of sp³-hybridized carbons (Fsp3) is 0.318. The number of aryl methyl sites for hydroxylation is 2. The molecule has 0 saturated carbocycles. The van der Waals surface area contributed by atoms with E-state index in [-0.39, 0.29) is 29.2 Å². The average Bonchev–Trinajstić information content (AvgIpc) is 3.20. The predicted molar refractivity (Wildman–Crippen MR) is 140 cm³/mol. The summed E-state index contributed by atoms with van der Waals surface area (Å²) in [5.41, 5.74) is 8.21. The minimum absolute atomic E-state index is 0.0827. The second-order valence-corrected chi connectivity index (χ2v) is 11.7. The molecule has 37 heavy (non-hydrogen) atoms. The molecule has 0 fully saturated rings. The Bertz CT molecular complexity index is 1460. The molecule has 1 aliphatic carbocycles. The number of amides is 2. The highest BCUT2D eigenvalue weighted by molar-refractivity contribution is 7.93. The van der Waals surface area contributed by atoms with Crippen molar-refractivity contribution in [1.29, 1.82) is 5.41 Å². The van der Waals surface area contributed by atoms with Gasteiger partial charge in [0, 0.05) is 44.1 Å². The maximum Gasteiger partial charge on any atom is 0.332 e. The standard InChI is InChI=1S/C22H30N8O5S2/c23-21(31)27-26-18-8-10-20(11-9-18)37(34,35)25-12-4-13-29-15-16-30(22(29)24)14-5-17-36(32,33)28-19-6-2-1-3-7-19/h1-3,6-8,10-11,15-16,24-25,28H,4-5,9,12-14,17H2,(H3,23,27,31). The van der Waals surface area contributed by atoms with Crippen LogP contribution in [0.25, 0.3) is 0 Å². The minimum Gasteiger partial charge on any atom is -0.350 e. The topological polar surface area (TPSA) is 194 Å². The van der Waals surface area contributed by atoms with E-state index >= 15 is 0 Å². The Balaban J connectivity index is 1.42. The Kier molecular flexibility index (Phi) is 9.43. The fourth-order valence-electron chi connectivity index (χ4n) is 3.46. The lowest BCUT2D eigenvalue weighted by molar-refractivity contribution is 0.249. The minimum atomic E-state index is -3.71. The number of carbonyl (C=O) groups is 1. The van der Waals surface area contributed by atoms with Crippen molar-refractivity contribution in [1.82, 2.24) is 19.3 Å². The van der Waals surface area contributed by atoms with E-state index in [2.05, 4.69) is 20.0 Å². The molecule has 0 aliphatic heterocycles. The zero-order chi connectivity index (χ0) is 26.9. The third kappa shape index (κ3) is 8.73. The molecule has 1 heterocycles.